The molecule has 0 saturated heterocycles. The molecule has 3 heteroatoms. The maximum absolute atomic E-state index is 10.1. The SMILES string of the molecule is CPOC(CC(O)C(C)(C)C)CC(C)(C)C. The minimum absolute atomic E-state index is 0.0592. The molecule has 16 heavy (non-hydrogen) atoms. The third-order valence-electron chi connectivity index (χ3n) is 2.61. The van der Waals surface area contributed by atoms with Crippen LogP contribution in [0.25, 0.3) is 0 Å². The molecule has 0 saturated carbocycles. The Kier molecular flexibility index (Phi) is 6.47. The number of hydrogen-bond acceptors (Lipinski definition) is 2. The van der Waals surface area contributed by atoms with E-state index in [1.165, 1.54) is 0 Å². The predicted octanol–water partition coefficient (Wildman–Crippen LogP) is 3.83. The van der Waals surface area contributed by atoms with E-state index in [1.54, 1.807) is 0 Å². The topological polar surface area (TPSA) is 29.5 Å². The zero-order valence-corrected chi connectivity index (χ0v) is 12.9. The van der Waals surface area contributed by atoms with Gasteiger partial charge in [-0.25, -0.2) is 0 Å². The summed E-state index contributed by atoms with van der Waals surface area (Å²) < 4.78 is 5.75. The second-order valence-electron chi connectivity index (χ2n) is 6.83. The smallest absolute Gasteiger partial charge is 0.0644 e. The van der Waals surface area contributed by atoms with Gasteiger partial charge in [0.25, 0.3) is 0 Å². The largest absolute Gasteiger partial charge is 0.392 e. The molecule has 0 aliphatic rings. The van der Waals surface area contributed by atoms with Crippen LogP contribution >= 0.6 is 8.81 Å². The van der Waals surface area contributed by atoms with Crippen molar-refractivity contribution < 1.29 is 9.63 Å². The van der Waals surface area contributed by atoms with Crippen molar-refractivity contribution in [1.82, 2.24) is 0 Å². The standard InChI is InChI=1S/C13H29O2P/c1-12(2,3)9-10(15-16-7)8-11(14)13(4,5)6/h10-11,14,16H,8-9H2,1-7H3. The average Bonchev–Trinajstić information content (AvgIpc) is 1.99. The Hall–Kier alpha value is 0.350. The highest BCUT2D eigenvalue weighted by Crippen LogP contribution is 2.31. The van der Waals surface area contributed by atoms with E-state index < -0.39 is 0 Å². The highest BCUT2D eigenvalue weighted by Gasteiger charge is 2.28. The number of aliphatic hydroxyl groups is 1. The summed E-state index contributed by atoms with van der Waals surface area (Å²) in [6.45, 7) is 14.9. The van der Waals surface area contributed by atoms with Gasteiger partial charge >= 0.3 is 0 Å². The van der Waals surface area contributed by atoms with Crippen LogP contribution in [-0.4, -0.2) is 24.0 Å². The van der Waals surface area contributed by atoms with Crippen LogP contribution in [0.15, 0.2) is 0 Å². The van der Waals surface area contributed by atoms with Crippen LogP contribution in [0.1, 0.15) is 54.4 Å². The van der Waals surface area contributed by atoms with Gasteiger partial charge in [-0.15, -0.1) is 0 Å². The summed E-state index contributed by atoms with van der Waals surface area (Å²) in [5.41, 5.74) is 0.193. The number of rotatable bonds is 5. The quantitative estimate of drug-likeness (QED) is 0.749. The Labute approximate surface area is 103 Å². The molecule has 0 radical (unpaired) electrons. The first-order valence-electron chi connectivity index (χ1n) is 6.06. The first kappa shape index (κ1) is 16.4. The van der Waals surface area contributed by atoms with Gasteiger partial charge in [0.05, 0.1) is 12.2 Å². The molecule has 98 valence electrons. The predicted molar refractivity (Wildman–Crippen MR) is 73.3 cm³/mol. The first-order chi connectivity index (χ1) is 7.06. The van der Waals surface area contributed by atoms with Crippen molar-refractivity contribution in [2.45, 2.75) is 66.6 Å². The van der Waals surface area contributed by atoms with Crippen molar-refractivity contribution in [1.29, 1.82) is 0 Å². The fraction of sp³-hybridized carbons (Fsp3) is 1.00. The van der Waals surface area contributed by atoms with Crippen molar-refractivity contribution in [2.24, 2.45) is 10.8 Å². The van der Waals surface area contributed by atoms with E-state index in [2.05, 4.69) is 41.5 Å². The summed E-state index contributed by atoms with van der Waals surface area (Å²) in [7, 11) is 0.496. The highest BCUT2D eigenvalue weighted by molar-refractivity contribution is 7.31. The Morgan fingerprint density at radius 1 is 1.12 bits per heavy atom. The van der Waals surface area contributed by atoms with E-state index in [4.69, 9.17) is 4.52 Å². The van der Waals surface area contributed by atoms with Gasteiger partial charge in [-0.3, -0.25) is 0 Å². The molecule has 0 aliphatic heterocycles. The van der Waals surface area contributed by atoms with Crippen LogP contribution in [-0.2, 0) is 4.52 Å². The molecular formula is C13H29O2P. The van der Waals surface area contributed by atoms with Crippen molar-refractivity contribution in [3.05, 3.63) is 0 Å². The van der Waals surface area contributed by atoms with E-state index >= 15 is 0 Å². The van der Waals surface area contributed by atoms with Gasteiger partial charge in [-0.05, 0) is 23.9 Å². The van der Waals surface area contributed by atoms with Crippen LogP contribution in [0, 0.1) is 10.8 Å². The molecule has 2 nitrogen and oxygen atoms in total. The van der Waals surface area contributed by atoms with Crippen molar-refractivity contribution >= 4 is 8.81 Å². The summed E-state index contributed by atoms with van der Waals surface area (Å²) in [4.78, 5) is 0. The summed E-state index contributed by atoms with van der Waals surface area (Å²) >= 11 is 0. The molecule has 0 fully saturated rings. The minimum Gasteiger partial charge on any atom is -0.392 e. The fourth-order valence-corrected chi connectivity index (χ4v) is 2.14. The summed E-state index contributed by atoms with van der Waals surface area (Å²) in [6.07, 6.45) is 1.62. The third-order valence-corrected chi connectivity index (χ3v) is 3.18. The number of hydrogen-bond donors (Lipinski definition) is 1. The van der Waals surface area contributed by atoms with Gasteiger partial charge in [-0.2, -0.15) is 0 Å². The molecule has 0 amide bonds. The second-order valence-corrected chi connectivity index (χ2v) is 7.47. The molecule has 0 rings (SSSR count). The summed E-state index contributed by atoms with van der Waals surface area (Å²) in [5, 5.41) is 10.1. The normalized spacial score (nSPS) is 18.0. The van der Waals surface area contributed by atoms with E-state index in [0.717, 1.165) is 12.8 Å². The van der Waals surface area contributed by atoms with Gasteiger partial charge < -0.3 is 9.63 Å². The van der Waals surface area contributed by atoms with Crippen molar-refractivity contribution in [2.75, 3.05) is 6.66 Å². The molecule has 3 atom stereocenters. The molecule has 3 unspecified atom stereocenters. The van der Waals surface area contributed by atoms with Gasteiger partial charge in [0.1, 0.15) is 0 Å². The fourth-order valence-electron chi connectivity index (χ4n) is 1.63. The van der Waals surface area contributed by atoms with E-state index in [-0.39, 0.29) is 23.0 Å². The first-order valence-corrected chi connectivity index (χ1v) is 7.47. The summed E-state index contributed by atoms with van der Waals surface area (Å²) in [6, 6.07) is 0. The molecular weight excluding hydrogens is 219 g/mol. The van der Waals surface area contributed by atoms with E-state index in [1.807, 2.05) is 6.66 Å². The molecule has 0 aromatic rings. The van der Waals surface area contributed by atoms with Gasteiger partial charge in [0.2, 0.25) is 0 Å². The molecule has 0 aromatic heterocycles. The lowest BCUT2D eigenvalue weighted by atomic mass is 9.82. The average molecular weight is 248 g/mol. The van der Waals surface area contributed by atoms with Crippen LogP contribution in [0.2, 0.25) is 0 Å². The summed E-state index contributed by atoms with van der Waals surface area (Å²) in [5.74, 6) is 0. The Morgan fingerprint density at radius 3 is 1.94 bits per heavy atom. The lowest BCUT2D eigenvalue weighted by Gasteiger charge is -2.32. The molecule has 0 aromatic carbocycles. The van der Waals surface area contributed by atoms with Crippen molar-refractivity contribution in [3.63, 3.8) is 0 Å². The third kappa shape index (κ3) is 7.60. The maximum atomic E-state index is 10.1. The van der Waals surface area contributed by atoms with E-state index in [0.29, 0.717) is 8.81 Å². The van der Waals surface area contributed by atoms with Crippen LogP contribution in [0.3, 0.4) is 0 Å². The Bertz CT molecular complexity index is 191. The number of aliphatic hydroxyl groups excluding tert-OH is 1. The van der Waals surface area contributed by atoms with Crippen molar-refractivity contribution in [3.8, 4) is 0 Å². The lowest BCUT2D eigenvalue weighted by molar-refractivity contribution is 0.0149. The molecule has 0 bridgehead atoms. The molecule has 0 spiro atoms. The minimum atomic E-state index is -0.295. The Balaban J connectivity index is 4.34. The lowest BCUT2D eigenvalue weighted by Crippen LogP contribution is -2.32. The highest BCUT2D eigenvalue weighted by atomic mass is 31.1. The van der Waals surface area contributed by atoms with Crippen LogP contribution in [0.4, 0.5) is 0 Å². The second kappa shape index (κ2) is 6.33. The molecule has 0 heterocycles. The van der Waals surface area contributed by atoms with Gasteiger partial charge in [0.15, 0.2) is 0 Å². The zero-order chi connectivity index (χ0) is 13.0. The Morgan fingerprint density at radius 2 is 1.62 bits per heavy atom. The molecule has 0 aliphatic carbocycles. The van der Waals surface area contributed by atoms with Crippen LogP contribution in [0.5, 0.6) is 0 Å². The monoisotopic (exact) mass is 248 g/mol. The van der Waals surface area contributed by atoms with Gasteiger partial charge in [-0.1, -0.05) is 41.5 Å². The maximum Gasteiger partial charge on any atom is 0.0644 e. The molecule has 1 N–H and O–H groups in total. The van der Waals surface area contributed by atoms with Crippen LogP contribution < -0.4 is 0 Å². The zero-order valence-electron chi connectivity index (χ0n) is 11.9. The van der Waals surface area contributed by atoms with Gasteiger partial charge in [0, 0.05) is 15.2 Å². The van der Waals surface area contributed by atoms with E-state index in [9.17, 15) is 5.11 Å².